The first-order valence-corrected chi connectivity index (χ1v) is 6.17. The minimum Gasteiger partial charge on any atom is -0.449 e. The smallest absolute Gasteiger partial charge is 0.417 e. The van der Waals surface area contributed by atoms with Crippen molar-refractivity contribution in [1.82, 2.24) is 15.2 Å². The van der Waals surface area contributed by atoms with E-state index in [0.717, 1.165) is 0 Å². The van der Waals surface area contributed by atoms with Gasteiger partial charge in [0.05, 0.1) is 5.52 Å². The van der Waals surface area contributed by atoms with E-state index in [2.05, 4.69) is 15.2 Å². The molecule has 0 bridgehead atoms. The van der Waals surface area contributed by atoms with Crippen LogP contribution >= 0.6 is 0 Å². The molecule has 0 spiro atoms. The van der Waals surface area contributed by atoms with E-state index in [1.165, 1.54) is 6.07 Å². The van der Waals surface area contributed by atoms with Crippen LogP contribution < -0.4 is 5.76 Å². The van der Waals surface area contributed by atoms with Crippen LogP contribution in [0, 0.1) is 6.92 Å². The lowest BCUT2D eigenvalue weighted by Gasteiger charge is -2.09. The highest BCUT2D eigenvalue weighted by molar-refractivity contribution is 6.00. The Morgan fingerprint density at radius 3 is 2.86 bits per heavy atom. The Balaban J connectivity index is 1.89. The Morgan fingerprint density at radius 1 is 1.33 bits per heavy atom. The first kappa shape index (κ1) is 13.1. The lowest BCUT2D eigenvalue weighted by molar-refractivity contribution is 0.0278. The van der Waals surface area contributed by atoms with Crippen molar-refractivity contribution in [1.29, 1.82) is 0 Å². The largest absolute Gasteiger partial charge is 0.449 e. The second kappa shape index (κ2) is 4.89. The van der Waals surface area contributed by atoms with Crippen molar-refractivity contribution in [2.45, 2.75) is 20.0 Å². The molecule has 3 aromatic rings. The molecule has 0 saturated carbocycles. The molecule has 0 radical (unpaired) electrons. The number of nitrogens with one attached hydrogen (secondary N) is 1. The van der Waals surface area contributed by atoms with Crippen molar-refractivity contribution in [3.63, 3.8) is 0 Å². The van der Waals surface area contributed by atoms with Crippen LogP contribution in [0.25, 0.3) is 11.1 Å². The lowest BCUT2D eigenvalue weighted by atomic mass is 10.2. The Labute approximate surface area is 117 Å². The topological polar surface area (TPSA) is 111 Å². The van der Waals surface area contributed by atoms with Gasteiger partial charge in [-0.1, -0.05) is 6.07 Å². The molecule has 0 amide bonds. The van der Waals surface area contributed by atoms with Gasteiger partial charge in [-0.15, -0.1) is 10.2 Å². The summed E-state index contributed by atoms with van der Waals surface area (Å²) in [5, 5.41) is 7.45. The molecular formula is C13H11N3O5. The number of carbonyl (C=O) groups is 1. The highest BCUT2D eigenvalue weighted by atomic mass is 16.6. The quantitative estimate of drug-likeness (QED) is 0.731. The summed E-state index contributed by atoms with van der Waals surface area (Å²) >= 11 is 0. The van der Waals surface area contributed by atoms with Gasteiger partial charge in [-0.25, -0.2) is 9.59 Å². The number of hydrogen-bond acceptors (Lipinski definition) is 7. The Morgan fingerprint density at radius 2 is 2.14 bits per heavy atom. The standard InChI is InChI=1S/C13H11N3O5/c1-6(11-16-15-7(2)20-11)19-12(17)8-4-3-5-9-10(8)21-13(18)14-9/h3-6H,1-2H3,(H,14,18)/t6-/m1/s1. The summed E-state index contributed by atoms with van der Waals surface area (Å²) in [6.45, 7) is 3.25. The van der Waals surface area contributed by atoms with E-state index in [1.54, 1.807) is 26.0 Å². The maximum absolute atomic E-state index is 12.2. The zero-order valence-corrected chi connectivity index (χ0v) is 11.2. The molecule has 108 valence electrons. The van der Waals surface area contributed by atoms with Gasteiger partial charge >= 0.3 is 11.7 Å². The number of carbonyl (C=O) groups excluding carboxylic acids is 1. The molecular weight excluding hydrogens is 278 g/mol. The molecule has 0 aliphatic heterocycles. The van der Waals surface area contributed by atoms with Crippen LogP contribution in [0.2, 0.25) is 0 Å². The summed E-state index contributed by atoms with van der Waals surface area (Å²) in [7, 11) is 0. The number of hydrogen-bond donors (Lipinski definition) is 1. The third-order valence-electron chi connectivity index (χ3n) is 2.84. The van der Waals surface area contributed by atoms with Gasteiger partial charge in [0.15, 0.2) is 11.7 Å². The van der Waals surface area contributed by atoms with Crippen molar-refractivity contribution < 1.29 is 18.4 Å². The van der Waals surface area contributed by atoms with Gasteiger partial charge < -0.3 is 13.6 Å². The molecule has 8 nitrogen and oxygen atoms in total. The van der Waals surface area contributed by atoms with E-state index in [-0.39, 0.29) is 17.0 Å². The average Bonchev–Trinajstić information content (AvgIpc) is 3.02. The van der Waals surface area contributed by atoms with Crippen LogP contribution in [0.15, 0.2) is 31.8 Å². The molecule has 21 heavy (non-hydrogen) atoms. The maximum Gasteiger partial charge on any atom is 0.417 e. The van der Waals surface area contributed by atoms with Crippen molar-refractivity contribution in [2.75, 3.05) is 0 Å². The molecule has 0 fully saturated rings. The average molecular weight is 289 g/mol. The number of oxazole rings is 1. The highest BCUT2D eigenvalue weighted by Gasteiger charge is 2.21. The Bertz CT molecular complexity index is 860. The predicted octanol–water partition coefficient (Wildman–Crippen LogP) is 1.73. The van der Waals surface area contributed by atoms with Gasteiger partial charge in [0.2, 0.25) is 5.89 Å². The third-order valence-corrected chi connectivity index (χ3v) is 2.84. The van der Waals surface area contributed by atoms with E-state index < -0.39 is 17.8 Å². The number of para-hydroxylation sites is 1. The van der Waals surface area contributed by atoms with Crippen LogP contribution in [0.5, 0.6) is 0 Å². The molecule has 0 unspecified atom stereocenters. The third kappa shape index (κ3) is 2.42. The van der Waals surface area contributed by atoms with E-state index in [0.29, 0.717) is 11.4 Å². The summed E-state index contributed by atoms with van der Waals surface area (Å²) < 4.78 is 15.4. The molecule has 0 saturated heterocycles. The first-order valence-electron chi connectivity index (χ1n) is 6.17. The van der Waals surface area contributed by atoms with E-state index >= 15 is 0 Å². The number of benzene rings is 1. The molecule has 8 heteroatoms. The van der Waals surface area contributed by atoms with Crippen LogP contribution in [-0.4, -0.2) is 21.2 Å². The van der Waals surface area contributed by atoms with E-state index in [1.807, 2.05) is 0 Å². The van der Waals surface area contributed by atoms with Crippen LogP contribution in [-0.2, 0) is 4.74 Å². The predicted molar refractivity (Wildman–Crippen MR) is 69.7 cm³/mol. The number of fused-ring (bicyclic) bond motifs is 1. The normalized spacial score (nSPS) is 12.5. The van der Waals surface area contributed by atoms with Crippen molar-refractivity contribution in [3.05, 3.63) is 46.1 Å². The number of esters is 1. The zero-order valence-electron chi connectivity index (χ0n) is 11.2. The molecule has 3 rings (SSSR count). The van der Waals surface area contributed by atoms with E-state index in [4.69, 9.17) is 13.6 Å². The number of rotatable bonds is 3. The van der Waals surface area contributed by atoms with Gasteiger partial charge in [-0.3, -0.25) is 4.98 Å². The van der Waals surface area contributed by atoms with Gasteiger partial charge in [-0.2, -0.15) is 0 Å². The zero-order chi connectivity index (χ0) is 15.0. The number of aryl methyl sites for hydroxylation is 1. The second-order valence-electron chi connectivity index (χ2n) is 4.40. The maximum atomic E-state index is 12.2. The molecule has 0 aliphatic carbocycles. The molecule has 1 N–H and O–H groups in total. The van der Waals surface area contributed by atoms with Gasteiger partial charge in [0, 0.05) is 6.92 Å². The molecule has 2 aromatic heterocycles. The molecule has 1 atom stereocenters. The fraction of sp³-hybridized carbons (Fsp3) is 0.231. The minimum atomic E-state index is -0.709. The van der Waals surface area contributed by atoms with E-state index in [9.17, 15) is 9.59 Å². The summed E-state index contributed by atoms with van der Waals surface area (Å²) in [6, 6.07) is 4.75. The van der Waals surface area contributed by atoms with Crippen LogP contribution in [0.3, 0.4) is 0 Å². The van der Waals surface area contributed by atoms with Crippen LogP contribution in [0.4, 0.5) is 0 Å². The van der Waals surface area contributed by atoms with Crippen molar-refractivity contribution >= 4 is 17.1 Å². The first-order chi connectivity index (χ1) is 10.0. The molecule has 2 heterocycles. The number of nitrogens with zero attached hydrogens (tertiary/aromatic N) is 2. The number of ether oxygens (including phenoxy) is 1. The fourth-order valence-corrected chi connectivity index (χ4v) is 1.88. The molecule has 1 aromatic carbocycles. The van der Waals surface area contributed by atoms with Gasteiger partial charge in [0.1, 0.15) is 5.56 Å². The SMILES string of the molecule is Cc1nnc([C@@H](C)OC(=O)c2cccc3[nH]c(=O)oc23)o1. The summed E-state index contributed by atoms with van der Waals surface area (Å²) in [4.78, 5) is 25.8. The van der Waals surface area contributed by atoms with Gasteiger partial charge in [-0.05, 0) is 19.1 Å². The summed E-state index contributed by atoms with van der Waals surface area (Å²) in [5.41, 5.74) is 0.728. The summed E-state index contributed by atoms with van der Waals surface area (Å²) in [6.07, 6.45) is -0.709. The van der Waals surface area contributed by atoms with Crippen molar-refractivity contribution in [3.8, 4) is 0 Å². The minimum absolute atomic E-state index is 0.147. The monoisotopic (exact) mass is 289 g/mol. The second-order valence-corrected chi connectivity index (χ2v) is 4.40. The number of H-pyrrole nitrogens is 1. The highest BCUT2D eigenvalue weighted by Crippen LogP contribution is 2.21. The van der Waals surface area contributed by atoms with Crippen LogP contribution in [0.1, 0.15) is 35.2 Å². The molecule has 0 aliphatic rings. The fourth-order valence-electron chi connectivity index (χ4n) is 1.88. The lowest BCUT2D eigenvalue weighted by Crippen LogP contribution is -2.10. The number of aromatic amines is 1. The van der Waals surface area contributed by atoms with Gasteiger partial charge in [0.25, 0.3) is 5.89 Å². The van der Waals surface area contributed by atoms with Crippen molar-refractivity contribution in [2.24, 2.45) is 0 Å². The Hall–Kier alpha value is -2.90. The summed E-state index contributed by atoms with van der Waals surface area (Å²) in [5.74, 6) is -0.701. The number of aromatic nitrogens is 3. The Kier molecular flexibility index (Phi) is 3.05.